The number of halogens is 1. The zero-order valence-electron chi connectivity index (χ0n) is 10.6. The van der Waals surface area contributed by atoms with E-state index in [0.29, 0.717) is 25.0 Å². The molecular weight excluding hydrogens is 233 g/mol. The van der Waals surface area contributed by atoms with Crippen molar-refractivity contribution in [1.82, 2.24) is 0 Å². The van der Waals surface area contributed by atoms with Gasteiger partial charge < -0.3 is 15.4 Å². The molecule has 2 unspecified atom stereocenters. The van der Waals surface area contributed by atoms with E-state index in [4.69, 9.17) is 10.5 Å². The van der Waals surface area contributed by atoms with Crippen molar-refractivity contribution in [3.05, 3.63) is 30.1 Å². The largest absolute Gasteiger partial charge is 0.384 e. The number of nitrogens with zero attached hydrogens (tertiary/aromatic N) is 2. The van der Waals surface area contributed by atoms with Crippen LogP contribution in [0.5, 0.6) is 0 Å². The Balaban J connectivity index is 2.22. The van der Waals surface area contributed by atoms with E-state index in [-0.39, 0.29) is 11.9 Å². The zero-order valence-corrected chi connectivity index (χ0v) is 10.6. The molecule has 0 spiro atoms. The van der Waals surface area contributed by atoms with E-state index in [9.17, 15) is 4.39 Å². The second-order valence-corrected chi connectivity index (χ2v) is 4.55. The monoisotopic (exact) mass is 251 g/mol. The number of aliphatic imine (C=N–C) groups is 1. The fourth-order valence-corrected chi connectivity index (χ4v) is 2.25. The van der Waals surface area contributed by atoms with Gasteiger partial charge in [0, 0.05) is 18.7 Å². The Morgan fingerprint density at radius 1 is 1.50 bits per heavy atom. The lowest BCUT2D eigenvalue weighted by Gasteiger charge is -2.30. The molecular formula is C13H18FN3O. The van der Waals surface area contributed by atoms with Crippen LogP contribution in [0.25, 0.3) is 0 Å². The molecule has 5 heteroatoms. The lowest BCUT2D eigenvalue weighted by Crippen LogP contribution is -2.45. The Bertz CT molecular complexity index is 432. The average Bonchev–Trinajstić information content (AvgIpc) is 2.73. The molecule has 98 valence electrons. The number of anilines is 1. The van der Waals surface area contributed by atoms with E-state index in [2.05, 4.69) is 11.9 Å². The molecule has 1 aliphatic heterocycles. The summed E-state index contributed by atoms with van der Waals surface area (Å²) in [5, 5.41) is 0. The summed E-state index contributed by atoms with van der Waals surface area (Å²) in [6, 6.07) is 6.46. The lowest BCUT2D eigenvalue weighted by molar-refractivity contribution is 0.150. The first-order chi connectivity index (χ1) is 8.63. The van der Waals surface area contributed by atoms with Crippen molar-refractivity contribution in [2.24, 2.45) is 16.6 Å². The minimum atomic E-state index is -0.255. The number of hydrogen-bond donors (Lipinski definition) is 1. The minimum Gasteiger partial charge on any atom is -0.384 e. The first-order valence-corrected chi connectivity index (χ1v) is 5.97. The fourth-order valence-electron chi connectivity index (χ4n) is 2.25. The Hall–Kier alpha value is -1.62. The van der Waals surface area contributed by atoms with Gasteiger partial charge in [-0.25, -0.2) is 4.39 Å². The third-order valence-electron chi connectivity index (χ3n) is 3.21. The van der Waals surface area contributed by atoms with Gasteiger partial charge >= 0.3 is 0 Å². The van der Waals surface area contributed by atoms with Crippen LogP contribution in [-0.2, 0) is 4.74 Å². The van der Waals surface area contributed by atoms with Crippen LogP contribution < -0.4 is 10.6 Å². The quantitative estimate of drug-likeness (QED) is 0.884. The summed E-state index contributed by atoms with van der Waals surface area (Å²) in [5.74, 6) is 0.523. The molecule has 2 atom stereocenters. The van der Waals surface area contributed by atoms with E-state index in [1.807, 2.05) is 4.90 Å². The van der Waals surface area contributed by atoms with Gasteiger partial charge in [-0.2, -0.15) is 0 Å². The molecule has 0 aliphatic carbocycles. The van der Waals surface area contributed by atoms with Crippen LogP contribution in [0.15, 0.2) is 29.3 Å². The smallest absolute Gasteiger partial charge is 0.196 e. The molecule has 0 saturated carbocycles. The Morgan fingerprint density at radius 2 is 2.17 bits per heavy atom. The van der Waals surface area contributed by atoms with E-state index in [0.717, 1.165) is 5.69 Å². The second-order valence-electron chi connectivity index (χ2n) is 4.55. The summed E-state index contributed by atoms with van der Waals surface area (Å²) in [7, 11) is 1.68. The molecule has 1 aliphatic rings. The molecule has 0 radical (unpaired) electrons. The number of rotatable bonds is 4. The zero-order chi connectivity index (χ0) is 13.1. The number of benzene rings is 1. The van der Waals surface area contributed by atoms with Crippen LogP contribution in [0.2, 0.25) is 0 Å². The Morgan fingerprint density at radius 3 is 2.78 bits per heavy atom. The number of hydrogen-bond acceptors (Lipinski definition) is 4. The van der Waals surface area contributed by atoms with Gasteiger partial charge in [0.05, 0.1) is 19.2 Å². The van der Waals surface area contributed by atoms with E-state index < -0.39 is 0 Å². The maximum Gasteiger partial charge on any atom is 0.196 e. The van der Waals surface area contributed by atoms with Crippen molar-refractivity contribution in [2.45, 2.75) is 13.0 Å². The highest BCUT2D eigenvalue weighted by atomic mass is 19.1. The summed E-state index contributed by atoms with van der Waals surface area (Å²) in [5.41, 5.74) is 6.78. The summed E-state index contributed by atoms with van der Waals surface area (Å²) in [6.45, 7) is 3.39. The van der Waals surface area contributed by atoms with Crippen LogP contribution in [0.1, 0.15) is 6.92 Å². The Kier molecular flexibility index (Phi) is 3.81. The van der Waals surface area contributed by atoms with Crippen molar-refractivity contribution in [3.63, 3.8) is 0 Å². The molecule has 1 aromatic carbocycles. The molecule has 1 aromatic rings. The van der Waals surface area contributed by atoms with Gasteiger partial charge in [-0.1, -0.05) is 6.92 Å². The molecule has 0 fully saturated rings. The van der Waals surface area contributed by atoms with Gasteiger partial charge in [0.2, 0.25) is 0 Å². The number of nitrogens with two attached hydrogens (primary N) is 1. The molecule has 2 N–H and O–H groups in total. The van der Waals surface area contributed by atoms with Crippen LogP contribution >= 0.6 is 0 Å². The van der Waals surface area contributed by atoms with Crippen molar-refractivity contribution in [3.8, 4) is 0 Å². The van der Waals surface area contributed by atoms with Crippen molar-refractivity contribution in [1.29, 1.82) is 0 Å². The van der Waals surface area contributed by atoms with Crippen LogP contribution in [0, 0.1) is 11.7 Å². The van der Waals surface area contributed by atoms with E-state index in [1.165, 1.54) is 12.1 Å². The summed E-state index contributed by atoms with van der Waals surface area (Å²) >= 11 is 0. The van der Waals surface area contributed by atoms with Crippen molar-refractivity contribution < 1.29 is 9.13 Å². The SMILES string of the molecule is COCC(C)C1CN=C(N)N1c1ccc(F)cc1. The van der Waals surface area contributed by atoms with Crippen LogP contribution in [-0.4, -0.2) is 32.3 Å². The molecule has 18 heavy (non-hydrogen) atoms. The molecule has 0 bridgehead atoms. The van der Waals surface area contributed by atoms with Gasteiger partial charge in [0.1, 0.15) is 5.82 Å². The number of methoxy groups -OCH3 is 1. The van der Waals surface area contributed by atoms with Crippen LogP contribution in [0.4, 0.5) is 10.1 Å². The molecule has 2 rings (SSSR count). The molecule has 4 nitrogen and oxygen atoms in total. The van der Waals surface area contributed by atoms with Gasteiger partial charge in [-0.15, -0.1) is 0 Å². The first kappa shape index (κ1) is 12.8. The van der Waals surface area contributed by atoms with Gasteiger partial charge in [-0.05, 0) is 24.3 Å². The highest BCUT2D eigenvalue weighted by Crippen LogP contribution is 2.25. The van der Waals surface area contributed by atoms with E-state index in [1.54, 1.807) is 19.2 Å². The first-order valence-electron chi connectivity index (χ1n) is 5.97. The number of ether oxygens (including phenoxy) is 1. The highest BCUT2D eigenvalue weighted by molar-refractivity contribution is 5.97. The fraction of sp³-hybridized carbons (Fsp3) is 0.462. The molecule has 0 saturated heterocycles. The topological polar surface area (TPSA) is 50.9 Å². The Labute approximate surface area is 106 Å². The predicted molar refractivity (Wildman–Crippen MR) is 70.2 cm³/mol. The van der Waals surface area contributed by atoms with E-state index >= 15 is 0 Å². The summed E-state index contributed by atoms with van der Waals surface area (Å²) in [6.07, 6.45) is 0. The molecule has 0 aromatic heterocycles. The third-order valence-corrected chi connectivity index (χ3v) is 3.21. The van der Waals surface area contributed by atoms with Gasteiger partial charge in [0.15, 0.2) is 5.96 Å². The second kappa shape index (κ2) is 5.35. The van der Waals surface area contributed by atoms with Crippen molar-refractivity contribution in [2.75, 3.05) is 25.2 Å². The molecule has 1 heterocycles. The van der Waals surface area contributed by atoms with Crippen molar-refractivity contribution >= 4 is 11.6 Å². The van der Waals surface area contributed by atoms with Crippen LogP contribution in [0.3, 0.4) is 0 Å². The standard InChI is InChI=1S/C13H18FN3O/c1-9(8-18-2)12-7-16-13(15)17(12)11-5-3-10(14)4-6-11/h3-6,9,12H,7-8H2,1-2H3,(H2,15,16). The predicted octanol–water partition coefficient (Wildman–Crippen LogP) is 1.61. The highest BCUT2D eigenvalue weighted by Gasteiger charge is 2.31. The van der Waals surface area contributed by atoms with Gasteiger partial charge in [0.25, 0.3) is 0 Å². The maximum absolute atomic E-state index is 12.9. The average molecular weight is 251 g/mol. The summed E-state index contributed by atoms with van der Waals surface area (Å²) < 4.78 is 18.1. The third kappa shape index (κ3) is 2.46. The summed E-state index contributed by atoms with van der Waals surface area (Å²) in [4.78, 5) is 6.22. The number of guanidine groups is 1. The lowest BCUT2D eigenvalue weighted by atomic mass is 10.0. The minimum absolute atomic E-state index is 0.162. The maximum atomic E-state index is 12.9. The molecule has 0 amide bonds. The normalized spacial score (nSPS) is 20.9. The van der Waals surface area contributed by atoms with Gasteiger partial charge in [-0.3, -0.25) is 4.99 Å².